The second-order valence-electron chi connectivity index (χ2n) is 7.02. The Morgan fingerprint density at radius 3 is 2.41 bits per heavy atom. The Kier molecular flexibility index (Phi) is 6.15. The Bertz CT molecular complexity index is 1430. The second-order valence-corrected chi connectivity index (χ2v) is 10.0. The Morgan fingerprint density at radius 1 is 1.25 bits per heavy atom. The molecular weight excluding hydrogens is 476 g/mol. The van der Waals surface area contributed by atoms with Gasteiger partial charge >= 0.3 is 0 Å². The SMILES string of the molecule is CC(=O)c1cc(C)cc(C)c1-c1c(C#N)sc(C(N)=O)c1S(=O)(=O)Nc1onc(C)c1Cl. The van der Waals surface area contributed by atoms with Gasteiger partial charge in [-0.3, -0.25) is 9.59 Å². The zero-order valence-corrected chi connectivity index (χ0v) is 19.8. The summed E-state index contributed by atoms with van der Waals surface area (Å²) in [6.45, 7) is 6.30. The summed E-state index contributed by atoms with van der Waals surface area (Å²) in [6.07, 6.45) is 0. The number of hydrogen-bond acceptors (Lipinski definition) is 8. The number of nitrogens with zero attached hydrogens (tertiary/aromatic N) is 2. The van der Waals surface area contributed by atoms with E-state index in [0.29, 0.717) is 16.9 Å². The molecule has 0 saturated heterocycles. The van der Waals surface area contributed by atoms with Crippen LogP contribution in [0.5, 0.6) is 0 Å². The number of Topliss-reactive ketones (excluding diaryl/α,β-unsaturated/α-hetero) is 1. The minimum absolute atomic E-state index is 0.0672. The lowest BCUT2D eigenvalue weighted by Gasteiger charge is -2.15. The number of sulfonamides is 1. The first-order valence-corrected chi connectivity index (χ1v) is 11.7. The molecule has 0 aliphatic carbocycles. The minimum atomic E-state index is -4.56. The Balaban J connectivity index is 2.43. The van der Waals surface area contributed by atoms with Gasteiger partial charge in [0.15, 0.2) is 5.78 Å². The molecule has 0 atom stereocenters. The highest BCUT2D eigenvalue weighted by molar-refractivity contribution is 7.93. The normalized spacial score (nSPS) is 11.2. The number of nitrogens with two attached hydrogens (primary N) is 1. The van der Waals surface area contributed by atoms with Crippen molar-refractivity contribution in [1.29, 1.82) is 5.26 Å². The summed E-state index contributed by atoms with van der Waals surface area (Å²) in [6, 6.07) is 5.25. The maximum atomic E-state index is 13.4. The number of carbonyl (C=O) groups excluding carboxylic acids is 2. The average Bonchev–Trinajstić information content (AvgIpc) is 3.23. The van der Waals surface area contributed by atoms with Crippen LogP contribution < -0.4 is 10.5 Å². The van der Waals surface area contributed by atoms with Crippen LogP contribution in [0.15, 0.2) is 21.6 Å². The molecule has 0 saturated carbocycles. The number of carbonyl (C=O) groups is 2. The van der Waals surface area contributed by atoms with Crippen LogP contribution in [0.2, 0.25) is 5.02 Å². The van der Waals surface area contributed by atoms with Crippen molar-refractivity contribution >= 4 is 50.5 Å². The van der Waals surface area contributed by atoms with Crippen LogP contribution in [-0.2, 0) is 10.0 Å². The van der Waals surface area contributed by atoms with E-state index in [2.05, 4.69) is 9.88 Å². The molecule has 0 bridgehead atoms. The molecular formula is C20H17ClN4O5S2. The number of rotatable bonds is 6. The summed E-state index contributed by atoms with van der Waals surface area (Å²) < 4.78 is 33.9. The van der Waals surface area contributed by atoms with Crippen LogP contribution in [0.1, 0.15) is 48.7 Å². The summed E-state index contributed by atoms with van der Waals surface area (Å²) in [5, 5.41) is 13.3. The van der Waals surface area contributed by atoms with Gasteiger partial charge in [-0.05, 0) is 44.9 Å². The number of primary amides is 1. The highest BCUT2D eigenvalue weighted by Crippen LogP contribution is 2.43. The van der Waals surface area contributed by atoms with Crippen LogP contribution in [0.4, 0.5) is 5.88 Å². The monoisotopic (exact) mass is 492 g/mol. The second kappa shape index (κ2) is 8.38. The number of nitrogens with one attached hydrogen (secondary N) is 1. The number of aromatic nitrogens is 1. The summed E-state index contributed by atoms with van der Waals surface area (Å²) in [4.78, 5) is 23.6. The molecule has 2 heterocycles. The van der Waals surface area contributed by atoms with E-state index in [-0.39, 0.29) is 48.8 Å². The predicted octanol–water partition coefficient (Wildman–Crippen LogP) is 3.96. The third-order valence-electron chi connectivity index (χ3n) is 4.59. The van der Waals surface area contributed by atoms with Crippen molar-refractivity contribution in [2.45, 2.75) is 32.6 Å². The van der Waals surface area contributed by atoms with E-state index < -0.39 is 20.8 Å². The predicted molar refractivity (Wildman–Crippen MR) is 120 cm³/mol. The molecule has 0 unspecified atom stereocenters. The fourth-order valence-corrected chi connectivity index (χ4v) is 6.16. The van der Waals surface area contributed by atoms with E-state index in [0.717, 1.165) is 5.56 Å². The van der Waals surface area contributed by atoms with E-state index in [1.807, 2.05) is 6.07 Å². The van der Waals surface area contributed by atoms with Crippen LogP contribution in [0.25, 0.3) is 11.1 Å². The van der Waals surface area contributed by atoms with Crippen molar-refractivity contribution in [3.8, 4) is 17.2 Å². The third-order valence-corrected chi connectivity index (χ3v) is 7.67. The number of amides is 1. The third kappa shape index (κ3) is 4.00. The molecule has 9 nitrogen and oxygen atoms in total. The van der Waals surface area contributed by atoms with E-state index in [9.17, 15) is 23.3 Å². The van der Waals surface area contributed by atoms with Crippen molar-refractivity contribution in [1.82, 2.24) is 5.16 Å². The van der Waals surface area contributed by atoms with Crippen molar-refractivity contribution in [2.75, 3.05) is 4.72 Å². The molecule has 1 amide bonds. The molecule has 32 heavy (non-hydrogen) atoms. The van der Waals surface area contributed by atoms with E-state index in [1.165, 1.54) is 13.8 Å². The van der Waals surface area contributed by atoms with Gasteiger partial charge in [0, 0.05) is 11.1 Å². The topological polar surface area (TPSA) is 156 Å². The molecule has 1 aromatic carbocycles. The van der Waals surface area contributed by atoms with Crippen LogP contribution in [-0.4, -0.2) is 25.3 Å². The summed E-state index contributed by atoms with van der Waals surface area (Å²) in [5.41, 5.74) is 7.36. The number of benzene rings is 1. The minimum Gasteiger partial charge on any atom is -0.365 e. The van der Waals surface area contributed by atoms with Crippen LogP contribution in [0, 0.1) is 32.1 Å². The van der Waals surface area contributed by atoms with Crippen molar-refractivity contribution in [3.05, 3.63) is 49.3 Å². The van der Waals surface area contributed by atoms with Gasteiger partial charge in [-0.2, -0.15) is 5.26 Å². The van der Waals surface area contributed by atoms with Crippen LogP contribution >= 0.6 is 22.9 Å². The Morgan fingerprint density at radius 2 is 1.91 bits per heavy atom. The van der Waals surface area contributed by atoms with Gasteiger partial charge in [0.05, 0.1) is 0 Å². The molecule has 2 aromatic heterocycles. The lowest BCUT2D eigenvalue weighted by atomic mass is 9.91. The molecule has 3 N–H and O–H groups in total. The summed E-state index contributed by atoms with van der Waals surface area (Å²) in [5.74, 6) is -1.75. The molecule has 0 fully saturated rings. The zero-order valence-electron chi connectivity index (χ0n) is 17.4. The quantitative estimate of drug-likeness (QED) is 0.493. The van der Waals surface area contributed by atoms with Gasteiger partial charge in [0.1, 0.15) is 31.4 Å². The molecule has 12 heteroatoms. The van der Waals surface area contributed by atoms with Crippen LogP contribution in [0.3, 0.4) is 0 Å². The number of nitriles is 1. The molecule has 3 aromatic rings. The van der Waals surface area contributed by atoms with Crippen molar-refractivity contribution in [3.63, 3.8) is 0 Å². The fraction of sp³-hybridized carbons (Fsp3) is 0.200. The van der Waals surface area contributed by atoms with Gasteiger partial charge in [0.2, 0.25) is 0 Å². The maximum Gasteiger partial charge on any atom is 0.266 e. The number of thiophene rings is 1. The van der Waals surface area contributed by atoms with Crippen molar-refractivity contribution in [2.24, 2.45) is 5.73 Å². The standard InChI is InChI=1S/C20H17ClN4O5S2/c1-8-5-9(2)14(12(6-8)11(4)26)15-13(7-22)31-17(19(23)27)18(15)32(28,29)25-20-16(21)10(3)24-30-20/h5-6,25H,1-4H3,(H2,23,27). The highest BCUT2D eigenvalue weighted by atomic mass is 35.5. The van der Waals surface area contributed by atoms with Gasteiger partial charge in [0.25, 0.3) is 21.8 Å². The number of anilines is 1. The Labute approximate surface area is 192 Å². The molecule has 166 valence electrons. The first-order valence-electron chi connectivity index (χ1n) is 9.02. The molecule has 3 rings (SSSR count). The number of hydrogen-bond donors (Lipinski definition) is 2. The molecule has 0 radical (unpaired) electrons. The number of aryl methyl sites for hydroxylation is 3. The molecule has 0 aliphatic rings. The first-order chi connectivity index (χ1) is 14.9. The lowest BCUT2D eigenvalue weighted by molar-refractivity contribution is 0.0997. The first kappa shape index (κ1) is 23.5. The van der Waals surface area contributed by atoms with Crippen molar-refractivity contribution < 1.29 is 22.5 Å². The number of halogens is 1. The van der Waals surface area contributed by atoms with Gasteiger partial charge in [-0.1, -0.05) is 28.4 Å². The summed E-state index contributed by atoms with van der Waals surface area (Å²) in [7, 11) is -4.56. The Hall–Kier alpha value is -3.20. The van der Waals surface area contributed by atoms with Gasteiger partial charge in [-0.25, -0.2) is 13.1 Å². The smallest absolute Gasteiger partial charge is 0.266 e. The van der Waals surface area contributed by atoms with Gasteiger partial charge < -0.3 is 10.3 Å². The zero-order chi connectivity index (χ0) is 24.0. The highest BCUT2D eigenvalue weighted by Gasteiger charge is 2.35. The van der Waals surface area contributed by atoms with E-state index in [1.54, 1.807) is 26.0 Å². The fourth-order valence-electron chi connectivity index (χ4n) is 3.31. The average molecular weight is 493 g/mol. The molecule has 0 spiro atoms. The van der Waals surface area contributed by atoms with E-state index >= 15 is 0 Å². The number of ketones is 1. The molecule has 0 aliphatic heterocycles. The van der Waals surface area contributed by atoms with Gasteiger partial charge in [-0.15, -0.1) is 11.3 Å². The van der Waals surface area contributed by atoms with E-state index in [4.69, 9.17) is 21.9 Å². The summed E-state index contributed by atoms with van der Waals surface area (Å²) >= 11 is 6.66. The maximum absolute atomic E-state index is 13.4. The lowest BCUT2D eigenvalue weighted by Crippen LogP contribution is -2.19. The largest absolute Gasteiger partial charge is 0.365 e.